The second-order valence-corrected chi connectivity index (χ2v) is 29.8. The van der Waals surface area contributed by atoms with Gasteiger partial charge in [0.2, 0.25) is 36.6 Å². The van der Waals surface area contributed by atoms with Crippen LogP contribution in [-0.4, -0.2) is 124 Å². The van der Waals surface area contributed by atoms with Crippen LogP contribution in [0.5, 0.6) is 0 Å². The van der Waals surface area contributed by atoms with Gasteiger partial charge in [0, 0.05) is 61.0 Å². The molecular formula is C85H102Cl5F8N15O13S2. The zero-order chi connectivity index (χ0) is 94.3. The van der Waals surface area contributed by atoms with E-state index in [2.05, 4.69) is 62.7 Å². The molecule has 0 fully saturated rings. The molecule has 11 rings (SSSR count). The number of primary sulfonamides is 2. The van der Waals surface area contributed by atoms with Gasteiger partial charge in [0.1, 0.15) is 0 Å². The molecule has 11 aromatic rings. The first-order valence-corrected chi connectivity index (χ1v) is 42.5. The molecule has 3 heterocycles. The fourth-order valence-electron chi connectivity index (χ4n) is 9.17. The summed E-state index contributed by atoms with van der Waals surface area (Å²) in [5.41, 5.74) is 20.6. The van der Waals surface area contributed by atoms with Crippen LogP contribution in [0.25, 0.3) is 0 Å². The average Bonchev–Trinajstić information content (AvgIpc) is 0.828. The second kappa shape index (κ2) is 69.5. The van der Waals surface area contributed by atoms with Crippen molar-refractivity contribution in [3.8, 4) is 0 Å². The molecule has 0 saturated carbocycles. The third kappa shape index (κ3) is 57.9. The molecule has 0 saturated heterocycles. The van der Waals surface area contributed by atoms with Crippen LogP contribution in [0, 0.1) is 37.7 Å². The van der Waals surface area contributed by atoms with Gasteiger partial charge in [-0.25, -0.2) is 60.2 Å². The lowest BCUT2D eigenvalue weighted by Crippen LogP contribution is -2.11. The fourth-order valence-corrected chi connectivity index (χ4v) is 10.6. The molecule has 0 amide bonds. The smallest absolute Gasteiger partial charge is 0.310 e. The Bertz CT molecular complexity index is 5080. The van der Waals surface area contributed by atoms with Crippen LogP contribution in [0.15, 0.2) is 235 Å². The molecule has 698 valence electrons. The van der Waals surface area contributed by atoms with Crippen molar-refractivity contribution in [2.24, 2.45) is 10.3 Å². The third-order valence-corrected chi connectivity index (χ3v) is 17.4. The predicted octanol–water partition coefficient (Wildman–Crippen LogP) is 20.7. The highest BCUT2D eigenvalue weighted by atomic mass is 35.5. The number of nitrogen functional groups attached to an aromatic ring is 2. The molecule has 0 unspecified atom stereocenters. The Labute approximate surface area is 763 Å². The van der Waals surface area contributed by atoms with Gasteiger partial charge in [0.25, 0.3) is 10.8 Å². The van der Waals surface area contributed by atoms with E-state index >= 15 is 0 Å². The molecule has 28 nitrogen and oxygen atoms in total. The van der Waals surface area contributed by atoms with Crippen molar-refractivity contribution >= 4 is 142 Å². The monoisotopic (exact) mass is 1930 g/mol. The topological polar surface area (TPSA) is 456 Å². The van der Waals surface area contributed by atoms with Crippen LogP contribution in [0.4, 0.5) is 86.8 Å². The number of non-ortho nitro benzene ring substituents is 1. The van der Waals surface area contributed by atoms with Crippen molar-refractivity contribution in [1.82, 2.24) is 29.9 Å². The van der Waals surface area contributed by atoms with E-state index < -0.39 is 59.4 Å². The molecular weight excluding hydrogens is 1830 g/mol. The van der Waals surface area contributed by atoms with Crippen molar-refractivity contribution in [3.05, 3.63) is 312 Å². The molecule has 8 aromatic carbocycles. The van der Waals surface area contributed by atoms with Gasteiger partial charge in [0.15, 0.2) is 34.2 Å². The first-order chi connectivity index (χ1) is 59.9. The zero-order valence-electron chi connectivity index (χ0n) is 67.8. The highest BCUT2D eigenvalue weighted by Gasteiger charge is 2.13. The van der Waals surface area contributed by atoms with Crippen molar-refractivity contribution in [2.75, 3.05) is 72.7 Å². The van der Waals surface area contributed by atoms with Crippen LogP contribution in [-0.2, 0) is 72.9 Å². The number of carbonyl (C=O) groups excluding carboxylic acids is 2. The Morgan fingerprint density at radius 1 is 0.438 bits per heavy atom. The number of halogens is 13. The number of alkyl halides is 7. The summed E-state index contributed by atoms with van der Waals surface area (Å²) in [6, 6.07) is 59.8. The first-order valence-electron chi connectivity index (χ1n) is 37.2. The third-order valence-electron chi connectivity index (χ3n) is 14.9. The molecule has 0 spiro atoms. The van der Waals surface area contributed by atoms with E-state index in [0.29, 0.717) is 74.1 Å². The van der Waals surface area contributed by atoms with Gasteiger partial charge in [-0.05, 0) is 219 Å². The second-order valence-electron chi connectivity index (χ2n) is 24.8. The minimum absolute atomic E-state index is 0. The molecule has 0 radical (unpaired) electrons. The first kappa shape index (κ1) is 118. The number of hydrogen-bond acceptors (Lipinski definition) is 23. The van der Waals surface area contributed by atoms with Gasteiger partial charge in [-0.3, -0.25) is 41.7 Å². The van der Waals surface area contributed by atoms with Crippen molar-refractivity contribution < 1.29 is 86.6 Å². The number of nitrogens with two attached hydrogens (primary N) is 4. The summed E-state index contributed by atoms with van der Waals surface area (Å²) < 4.78 is 147. The number of nitrogens with one attached hydrogen (secondary N) is 3. The molecule has 0 bridgehead atoms. The van der Waals surface area contributed by atoms with Crippen LogP contribution in [0.3, 0.4) is 0 Å². The molecule has 3 aromatic heterocycles. The molecule has 0 aliphatic heterocycles. The van der Waals surface area contributed by atoms with E-state index in [9.17, 15) is 71.7 Å². The number of ether oxygens (including phenoxy) is 1. The van der Waals surface area contributed by atoms with E-state index in [1.54, 1.807) is 36.4 Å². The fraction of sp³-hybridized carbons (Fsp3) is 0.271. The summed E-state index contributed by atoms with van der Waals surface area (Å²) in [6.07, 6.45) is 11.1. The lowest BCUT2D eigenvalue weighted by atomic mass is 10.1. The number of anilines is 8. The van der Waals surface area contributed by atoms with Crippen LogP contribution in [0.1, 0.15) is 101 Å². The Kier molecular flexibility index (Phi) is 64.3. The minimum atomic E-state index is -3.79. The Balaban J connectivity index is 0. The maximum atomic E-state index is 14.1. The highest BCUT2D eigenvalue weighted by Crippen LogP contribution is 2.24. The van der Waals surface area contributed by atoms with E-state index in [1.807, 2.05) is 97.1 Å². The highest BCUT2D eigenvalue weighted by molar-refractivity contribution is 7.89. The average molecular weight is 1940 g/mol. The number of aliphatic hydroxyl groups is 1. The summed E-state index contributed by atoms with van der Waals surface area (Å²) in [5.74, 6) is -2.89. The van der Waals surface area contributed by atoms with Gasteiger partial charge in [0.05, 0.1) is 72.0 Å². The molecule has 0 atom stereocenters. The van der Waals surface area contributed by atoms with Gasteiger partial charge >= 0.3 is 11.9 Å². The van der Waals surface area contributed by atoms with Gasteiger partial charge in [-0.15, -0.1) is 33.3 Å². The Hall–Kier alpha value is -11.6. The summed E-state index contributed by atoms with van der Waals surface area (Å²) in [4.78, 5) is 59.8. The summed E-state index contributed by atoms with van der Waals surface area (Å²) in [7, 11) is -7.36. The van der Waals surface area contributed by atoms with Crippen LogP contribution < -0.4 is 37.7 Å². The summed E-state index contributed by atoms with van der Waals surface area (Å²) in [5, 5.41) is 50.8. The van der Waals surface area contributed by atoms with Gasteiger partial charge in [-0.1, -0.05) is 136 Å². The molecule has 0 aliphatic rings. The van der Waals surface area contributed by atoms with Crippen molar-refractivity contribution in [1.29, 1.82) is 0 Å². The Morgan fingerprint density at radius 2 is 0.719 bits per heavy atom. The summed E-state index contributed by atoms with van der Waals surface area (Å²) >= 11 is 25.6. The number of hydrogen-bond donors (Lipinski definition) is 9. The number of benzene rings is 8. The van der Waals surface area contributed by atoms with Gasteiger partial charge in [-0.2, -0.15) is 9.97 Å². The number of nitrogens with zero attached hydrogens (tertiary/aromatic N) is 8. The lowest BCUT2D eigenvalue weighted by molar-refractivity contribution is -0.742. The quantitative estimate of drug-likeness (QED) is 0.00266. The predicted molar refractivity (Wildman–Crippen MR) is 489 cm³/mol. The summed E-state index contributed by atoms with van der Waals surface area (Å²) in [6.45, 7) is 1.14. The Morgan fingerprint density at radius 3 is 1.03 bits per heavy atom. The number of carbonyl (C=O) groups is 2. The van der Waals surface area contributed by atoms with Gasteiger partial charge < -0.3 is 42.5 Å². The van der Waals surface area contributed by atoms with Crippen molar-refractivity contribution in [2.45, 2.75) is 116 Å². The van der Waals surface area contributed by atoms with E-state index in [0.717, 1.165) is 72.2 Å². The van der Waals surface area contributed by atoms with E-state index in [-0.39, 0.29) is 109 Å². The molecule has 43 heteroatoms. The zero-order valence-corrected chi connectivity index (χ0v) is 73.2. The number of aliphatic hydroxyl groups excluding tert-OH is 1. The van der Waals surface area contributed by atoms with E-state index in [1.165, 1.54) is 85.6 Å². The SMILES string of the molecule is C.C.CC(=O)OC(C)=O.ClCCl.FCCCc1ccc(Nc2nc(Cl)ncc2F)cc1.FCCCc1ccccc1.Fc1cnc(Cl)nc1Cl.NS(=O)(=O)c1ccc(Nc2ncc(F)c(Nc3ccc(CCCF)cc3)n2)cc1.Nc1ccc(CCCF)cc1.Nc1ccc(S(N)(=O)=O)cc1.O=[N+]([O-])O.O=[N+]([O-])c1ccc(CCCF)cc1.OCCCc1ccccc1. The number of nitro groups is 1. The lowest BCUT2D eigenvalue weighted by Gasteiger charge is -2.10. The van der Waals surface area contributed by atoms with Crippen molar-refractivity contribution in [3.63, 3.8) is 0 Å². The van der Waals surface area contributed by atoms with Crippen LogP contribution >= 0.6 is 58.0 Å². The standard InChI is InChI=1S/C19H19F2N5O2S.C13H12ClF2N3.C9H10FNO2.C9H12FN.C9H11F.C9H12O.C6H8N2O2S.C4HCl2FN2.C4H6O3.CH2Cl2.2CH4.HNO3/c20-11-1-2-13-3-5-14(6-4-13)24-18-17(21)12-23-19(26-18)25-15-7-9-16(10-8-15)29(22,27)28;14-13-17-8-11(16)12(19-13)18-10-5-3-9(4-6-10)2-1-7-15;10-7-1-2-8-3-5-9(6-4-8)11(12)13;10-7-1-2-8-3-5-9(11)6-4-8;2*10-8-4-7-9-5-2-1-3-6-9;7-5-1-3-6(4-2-5)11(8,9)10;5-3-2(7)1-8-4(6)9-3;1-3(5)7-4(2)6;2-1-3;;;2-1(3)4/h3-10,12H,1-2,11H2,(H2,22,27,28)(H2,23,24,25,26);3-6,8H,1-2,7H2,(H,17,18,19);3-6H,1-2,7H2;3-6H,1-2,7,11H2;1-3,5-6H,4,7-8H2;1-3,5-6,10H,4,7-8H2;1-4H,7H2,(H2,8,9,10);1H;1-2H3;1H2;2*1H4;(H,2,3,4). The molecule has 13 N–H and O–H groups in total. The number of aromatic nitrogens is 6. The number of aryl methyl sites for hydroxylation is 6. The molecule has 0 aliphatic carbocycles. The largest absolute Gasteiger partial charge is 0.399 e. The number of sulfonamides is 2. The number of nitro benzene ring substituents is 1. The minimum Gasteiger partial charge on any atom is -0.399 e. The van der Waals surface area contributed by atoms with E-state index in [4.69, 9.17) is 100 Å². The maximum Gasteiger partial charge on any atom is 0.310 e. The maximum absolute atomic E-state index is 14.1. The molecule has 128 heavy (non-hydrogen) atoms. The normalized spacial score (nSPS) is 9.89. The number of esters is 2. The number of rotatable bonds is 27. The van der Waals surface area contributed by atoms with Crippen LogP contribution in [0.2, 0.25) is 15.7 Å².